The van der Waals surface area contributed by atoms with E-state index in [2.05, 4.69) is 37.7 Å². The molecular weight excluding hydrogens is 412 g/mol. The Hall–Kier alpha value is -3.32. The lowest BCUT2D eigenvalue weighted by Crippen LogP contribution is -2.37. The zero-order valence-corrected chi connectivity index (χ0v) is 18.2. The molecular formula is C23H23ClN6O. The van der Waals surface area contributed by atoms with Crippen molar-refractivity contribution in [1.82, 2.24) is 24.5 Å². The van der Waals surface area contributed by atoms with Crippen LogP contribution >= 0.6 is 11.6 Å². The van der Waals surface area contributed by atoms with E-state index < -0.39 is 0 Å². The van der Waals surface area contributed by atoms with Crippen molar-refractivity contribution in [2.24, 2.45) is 0 Å². The Kier molecular flexibility index (Phi) is 4.90. The highest BCUT2D eigenvalue weighted by atomic mass is 35.5. The van der Waals surface area contributed by atoms with Crippen molar-refractivity contribution >= 4 is 28.8 Å². The first-order chi connectivity index (χ1) is 15.0. The van der Waals surface area contributed by atoms with Gasteiger partial charge >= 0.3 is 0 Å². The molecule has 1 fully saturated rings. The van der Waals surface area contributed by atoms with Crippen molar-refractivity contribution in [3.05, 3.63) is 77.0 Å². The number of aryl methyl sites for hydroxylation is 2. The number of hydrogen-bond donors (Lipinski definition) is 1. The van der Waals surface area contributed by atoms with Crippen molar-refractivity contribution < 1.29 is 4.79 Å². The van der Waals surface area contributed by atoms with Gasteiger partial charge in [-0.2, -0.15) is 5.10 Å². The van der Waals surface area contributed by atoms with Gasteiger partial charge in [-0.15, -0.1) is 0 Å². The smallest absolute Gasteiger partial charge is 0.272 e. The average Bonchev–Trinajstić information content (AvgIpc) is 3.48. The largest absolute Gasteiger partial charge is 0.353 e. The van der Waals surface area contributed by atoms with Crippen LogP contribution in [0.25, 0.3) is 11.2 Å². The normalized spacial score (nSPS) is 16.2. The summed E-state index contributed by atoms with van der Waals surface area (Å²) in [6, 6.07) is 9.48. The Balaban J connectivity index is 1.29. The molecule has 0 radical (unpaired) electrons. The SMILES string of the molecule is Cc1cc(Cl)ccc1-n1ccc(C(=O)N[C@H]2CCN(c3nccn4ccc(C)c34)C2)n1. The molecule has 4 heterocycles. The van der Waals surface area contributed by atoms with Crippen LogP contribution in [-0.4, -0.2) is 44.2 Å². The van der Waals surface area contributed by atoms with Gasteiger partial charge in [0.25, 0.3) is 5.91 Å². The molecule has 0 saturated carbocycles. The number of nitrogens with zero attached hydrogens (tertiary/aromatic N) is 5. The molecule has 0 bridgehead atoms. The van der Waals surface area contributed by atoms with E-state index in [9.17, 15) is 4.79 Å². The average molecular weight is 435 g/mol. The molecule has 5 rings (SSSR count). The van der Waals surface area contributed by atoms with Crippen molar-refractivity contribution in [2.45, 2.75) is 26.3 Å². The molecule has 0 aliphatic carbocycles. The highest BCUT2D eigenvalue weighted by molar-refractivity contribution is 6.30. The fraction of sp³-hybridized carbons (Fsp3) is 0.261. The van der Waals surface area contributed by atoms with E-state index in [4.69, 9.17) is 11.6 Å². The van der Waals surface area contributed by atoms with E-state index in [0.29, 0.717) is 10.7 Å². The molecule has 1 saturated heterocycles. The second kappa shape index (κ2) is 7.74. The lowest BCUT2D eigenvalue weighted by atomic mass is 10.2. The Morgan fingerprint density at radius 3 is 2.84 bits per heavy atom. The molecule has 0 spiro atoms. The Labute approximate surface area is 185 Å². The van der Waals surface area contributed by atoms with Crippen molar-refractivity contribution in [3.8, 4) is 5.69 Å². The molecule has 3 aromatic heterocycles. The predicted molar refractivity (Wildman–Crippen MR) is 121 cm³/mol. The second-order valence-electron chi connectivity index (χ2n) is 7.99. The van der Waals surface area contributed by atoms with Gasteiger partial charge < -0.3 is 14.6 Å². The fourth-order valence-corrected chi connectivity index (χ4v) is 4.45. The van der Waals surface area contributed by atoms with Gasteiger partial charge in [-0.1, -0.05) is 11.6 Å². The Morgan fingerprint density at radius 2 is 2.00 bits per heavy atom. The molecule has 1 aliphatic heterocycles. The summed E-state index contributed by atoms with van der Waals surface area (Å²) in [5, 5.41) is 8.27. The number of nitrogens with one attached hydrogen (secondary N) is 1. The quantitative estimate of drug-likeness (QED) is 0.530. The summed E-state index contributed by atoms with van der Waals surface area (Å²) in [5.41, 5.74) is 4.61. The highest BCUT2D eigenvalue weighted by Gasteiger charge is 2.27. The third-order valence-electron chi connectivity index (χ3n) is 5.80. The van der Waals surface area contributed by atoms with E-state index in [0.717, 1.165) is 42.1 Å². The van der Waals surface area contributed by atoms with E-state index in [1.807, 2.05) is 43.7 Å². The van der Waals surface area contributed by atoms with Crippen LogP contribution in [0.2, 0.25) is 5.02 Å². The molecule has 0 unspecified atom stereocenters. The van der Waals surface area contributed by atoms with Crippen LogP contribution in [-0.2, 0) is 0 Å². The van der Waals surface area contributed by atoms with Gasteiger partial charge in [0.05, 0.1) is 11.2 Å². The zero-order valence-electron chi connectivity index (χ0n) is 17.4. The number of fused-ring (bicyclic) bond motifs is 1. The topological polar surface area (TPSA) is 67.5 Å². The molecule has 7 nitrogen and oxygen atoms in total. The molecule has 1 aliphatic rings. The van der Waals surface area contributed by atoms with Gasteiger partial charge in [-0.25, -0.2) is 9.67 Å². The Bertz CT molecular complexity index is 1280. The number of carbonyl (C=O) groups excluding carboxylic acids is 1. The van der Waals surface area contributed by atoms with Crippen LogP contribution in [0.5, 0.6) is 0 Å². The van der Waals surface area contributed by atoms with Crippen LogP contribution in [0.3, 0.4) is 0 Å². The predicted octanol–water partition coefficient (Wildman–Crippen LogP) is 3.80. The van der Waals surface area contributed by atoms with Gasteiger partial charge in [-0.3, -0.25) is 4.79 Å². The van der Waals surface area contributed by atoms with Crippen LogP contribution in [0.15, 0.2) is 55.1 Å². The maximum absolute atomic E-state index is 12.8. The minimum absolute atomic E-state index is 0.0484. The molecule has 158 valence electrons. The van der Waals surface area contributed by atoms with Crippen molar-refractivity contribution in [3.63, 3.8) is 0 Å². The summed E-state index contributed by atoms with van der Waals surface area (Å²) in [4.78, 5) is 19.7. The van der Waals surface area contributed by atoms with Crippen LogP contribution in [0, 0.1) is 13.8 Å². The summed E-state index contributed by atoms with van der Waals surface area (Å²) >= 11 is 6.04. The fourth-order valence-electron chi connectivity index (χ4n) is 4.22. The van der Waals surface area contributed by atoms with E-state index in [1.165, 1.54) is 5.56 Å². The van der Waals surface area contributed by atoms with Gasteiger partial charge in [0.2, 0.25) is 0 Å². The van der Waals surface area contributed by atoms with E-state index in [1.54, 1.807) is 16.9 Å². The summed E-state index contributed by atoms with van der Waals surface area (Å²) in [7, 11) is 0. The number of aromatic nitrogens is 4. The number of rotatable bonds is 4. The monoisotopic (exact) mass is 434 g/mol. The van der Waals surface area contributed by atoms with Crippen LogP contribution < -0.4 is 10.2 Å². The first-order valence-electron chi connectivity index (χ1n) is 10.3. The second-order valence-corrected chi connectivity index (χ2v) is 8.42. The van der Waals surface area contributed by atoms with Gasteiger partial charge in [-0.05, 0) is 61.7 Å². The van der Waals surface area contributed by atoms with Crippen molar-refractivity contribution in [2.75, 3.05) is 18.0 Å². The first kappa shape index (κ1) is 19.6. The zero-order chi connectivity index (χ0) is 21.5. The lowest BCUT2D eigenvalue weighted by Gasteiger charge is -2.19. The summed E-state index contributed by atoms with van der Waals surface area (Å²) in [5.74, 6) is 0.798. The van der Waals surface area contributed by atoms with Gasteiger partial charge in [0, 0.05) is 48.9 Å². The number of halogens is 1. The maximum atomic E-state index is 12.8. The van der Waals surface area contributed by atoms with Crippen LogP contribution in [0.1, 0.15) is 28.0 Å². The Morgan fingerprint density at radius 1 is 1.13 bits per heavy atom. The summed E-state index contributed by atoms with van der Waals surface area (Å²) in [6.07, 6.45) is 8.49. The van der Waals surface area contributed by atoms with E-state index >= 15 is 0 Å². The molecule has 1 N–H and O–H groups in total. The van der Waals surface area contributed by atoms with E-state index in [-0.39, 0.29) is 11.9 Å². The molecule has 1 atom stereocenters. The molecule has 1 amide bonds. The number of carbonyl (C=O) groups is 1. The van der Waals surface area contributed by atoms with Crippen LogP contribution in [0.4, 0.5) is 5.82 Å². The third-order valence-corrected chi connectivity index (χ3v) is 6.04. The highest BCUT2D eigenvalue weighted by Crippen LogP contribution is 2.26. The van der Waals surface area contributed by atoms with Crippen molar-refractivity contribution in [1.29, 1.82) is 0 Å². The third kappa shape index (κ3) is 3.65. The summed E-state index contributed by atoms with van der Waals surface area (Å²) < 4.78 is 3.80. The molecule has 8 heteroatoms. The number of benzene rings is 1. The number of anilines is 1. The number of amides is 1. The molecule has 1 aromatic carbocycles. The maximum Gasteiger partial charge on any atom is 0.272 e. The first-order valence-corrected chi connectivity index (χ1v) is 10.7. The minimum atomic E-state index is -0.165. The summed E-state index contributed by atoms with van der Waals surface area (Å²) in [6.45, 7) is 5.63. The lowest BCUT2D eigenvalue weighted by molar-refractivity contribution is 0.0935. The molecule has 4 aromatic rings. The standard InChI is InChI=1S/C23H23ClN6O/c1-15-5-9-28-12-8-25-22(21(15)28)29-10-6-18(14-29)26-23(31)19-7-11-30(27-19)20-4-3-17(24)13-16(20)2/h3-5,7-9,11-13,18H,6,10,14H2,1-2H3,(H,26,31)/t18-/m0/s1. The van der Waals surface area contributed by atoms with Gasteiger partial charge in [0.1, 0.15) is 0 Å². The van der Waals surface area contributed by atoms with Gasteiger partial charge in [0.15, 0.2) is 11.5 Å². The number of hydrogen-bond acceptors (Lipinski definition) is 4. The molecule has 31 heavy (non-hydrogen) atoms. The minimum Gasteiger partial charge on any atom is -0.353 e.